The van der Waals surface area contributed by atoms with E-state index in [1.807, 2.05) is 6.20 Å². The van der Waals surface area contributed by atoms with Crippen molar-refractivity contribution in [3.05, 3.63) is 24.4 Å². The Morgan fingerprint density at radius 1 is 1.07 bits per heavy atom. The van der Waals surface area contributed by atoms with Crippen molar-refractivity contribution in [3.63, 3.8) is 0 Å². The number of fused-ring (bicyclic) bond motifs is 1. The summed E-state index contributed by atoms with van der Waals surface area (Å²) < 4.78 is 14.5. The number of nitrogens with one attached hydrogen (secondary N) is 1. The molecule has 2 aliphatic heterocycles. The molecule has 1 N–H and O–H groups in total. The Kier molecular flexibility index (Phi) is 5.05. The van der Waals surface area contributed by atoms with Crippen LogP contribution < -0.4 is 10.8 Å². The lowest BCUT2D eigenvalue weighted by atomic mass is 9.79. The van der Waals surface area contributed by atoms with E-state index >= 15 is 0 Å². The summed E-state index contributed by atoms with van der Waals surface area (Å²) in [7, 11) is -0.330. The fourth-order valence-electron chi connectivity index (χ4n) is 3.77. The molecule has 0 saturated carbocycles. The highest BCUT2D eigenvalue weighted by Crippen LogP contribution is 2.36. The highest BCUT2D eigenvalue weighted by atomic mass is 16.7. The van der Waals surface area contributed by atoms with Gasteiger partial charge in [-0.25, -0.2) is 0 Å². The molecule has 0 amide bonds. The molecule has 6 nitrogen and oxygen atoms in total. The molecule has 0 spiro atoms. The van der Waals surface area contributed by atoms with E-state index in [1.165, 1.54) is 0 Å². The lowest BCUT2D eigenvalue weighted by Crippen LogP contribution is -2.43. The molecule has 1 aromatic carbocycles. The highest BCUT2D eigenvalue weighted by molar-refractivity contribution is 6.62. The highest BCUT2D eigenvalue weighted by Gasteiger charge is 2.51. The first-order valence-electron chi connectivity index (χ1n) is 10.1. The van der Waals surface area contributed by atoms with Gasteiger partial charge >= 0.3 is 7.12 Å². The second-order valence-corrected chi connectivity index (χ2v) is 8.72. The molecule has 27 heavy (non-hydrogen) atoms. The number of benzene rings is 1. The molecule has 4 rings (SSSR count). The van der Waals surface area contributed by atoms with Crippen molar-refractivity contribution < 1.29 is 9.31 Å². The molecule has 7 heteroatoms. The molecule has 2 aliphatic rings. The molecule has 0 radical (unpaired) electrons. The average Bonchev–Trinajstić information content (AvgIpc) is 3.13. The van der Waals surface area contributed by atoms with Crippen LogP contribution in [0.3, 0.4) is 0 Å². The quantitative estimate of drug-likeness (QED) is 0.811. The average molecular weight is 370 g/mol. The van der Waals surface area contributed by atoms with Crippen LogP contribution in [-0.2, 0) is 15.9 Å². The number of hydrogen-bond donors (Lipinski definition) is 1. The minimum Gasteiger partial charge on any atom is -0.399 e. The third kappa shape index (κ3) is 3.79. The molecule has 2 fully saturated rings. The van der Waals surface area contributed by atoms with Crippen molar-refractivity contribution in [3.8, 4) is 0 Å². The second-order valence-electron chi connectivity index (χ2n) is 8.72. The summed E-state index contributed by atoms with van der Waals surface area (Å²) in [6, 6.07) is 6.39. The molecule has 146 valence electrons. The molecule has 0 unspecified atom stereocenters. The molecular weight excluding hydrogens is 339 g/mol. The van der Waals surface area contributed by atoms with Crippen LogP contribution in [-0.4, -0.2) is 65.7 Å². The van der Waals surface area contributed by atoms with Gasteiger partial charge in [0.25, 0.3) is 0 Å². The third-order valence-corrected chi connectivity index (χ3v) is 6.25. The van der Waals surface area contributed by atoms with E-state index in [9.17, 15) is 0 Å². The number of nitrogens with zero attached hydrogens (tertiary/aromatic N) is 3. The standard InChI is InChI=1S/C20H31BN4O2/c1-19(2)20(3,4)27-21(26-19)17-7-6-16-15-23-25(18(16)14-17)11-5-10-24-12-8-22-9-13-24/h6-7,14-15,22H,5,8-13H2,1-4H3. The summed E-state index contributed by atoms with van der Waals surface area (Å²) in [5.74, 6) is 0. The molecule has 2 saturated heterocycles. The van der Waals surface area contributed by atoms with Crippen molar-refractivity contribution in [2.45, 2.75) is 51.9 Å². The van der Waals surface area contributed by atoms with Gasteiger partial charge in [0.15, 0.2) is 0 Å². The topological polar surface area (TPSA) is 51.5 Å². The van der Waals surface area contributed by atoms with Crippen LogP contribution in [0.15, 0.2) is 24.4 Å². The summed E-state index contributed by atoms with van der Waals surface area (Å²) in [5.41, 5.74) is 1.57. The molecular formula is C20H31BN4O2. The van der Waals surface area contributed by atoms with Gasteiger partial charge in [-0.2, -0.15) is 5.10 Å². The Balaban J connectivity index is 1.46. The van der Waals surface area contributed by atoms with Crippen molar-refractivity contribution in [1.82, 2.24) is 20.0 Å². The van der Waals surface area contributed by atoms with Gasteiger partial charge in [0.2, 0.25) is 0 Å². The summed E-state index contributed by atoms with van der Waals surface area (Å²) >= 11 is 0. The number of aryl methyl sites for hydroxylation is 1. The van der Waals surface area contributed by atoms with E-state index in [-0.39, 0.29) is 18.3 Å². The Bertz CT molecular complexity index is 782. The number of aromatic nitrogens is 2. The zero-order valence-electron chi connectivity index (χ0n) is 17.0. The molecule has 1 aromatic heterocycles. The molecule has 2 aromatic rings. The molecule has 3 heterocycles. The van der Waals surface area contributed by atoms with Gasteiger partial charge in [-0.1, -0.05) is 12.1 Å². The van der Waals surface area contributed by atoms with Gasteiger partial charge in [-0.15, -0.1) is 0 Å². The summed E-state index contributed by atoms with van der Waals surface area (Å²) in [6.45, 7) is 14.9. The van der Waals surface area contributed by atoms with Gasteiger partial charge in [-0.05, 0) is 52.2 Å². The number of hydrogen-bond acceptors (Lipinski definition) is 5. The second kappa shape index (κ2) is 7.20. The first kappa shape index (κ1) is 18.9. The lowest BCUT2D eigenvalue weighted by molar-refractivity contribution is 0.00578. The molecule has 0 aliphatic carbocycles. The van der Waals surface area contributed by atoms with Crippen molar-refractivity contribution in [1.29, 1.82) is 0 Å². The predicted octanol–water partition coefficient (Wildman–Crippen LogP) is 1.63. The molecule has 0 bridgehead atoms. The Labute approximate surface area is 162 Å². The summed E-state index contributed by atoms with van der Waals surface area (Å²) in [4.78, 5) is 2.53. The van der Waals surface area contributed by atoms with Crippen LogP contribution in [0.5, 0.6) is 0 Å². The fraction of sp³-hybridized carbons (Fsp3) is 0.650. The summed E-state index contributed by atoms with van der Waals surface area (Å²) in [6.07, 6.45) is 3.06. The van der Waals surface area contributed by atoms with E-state index in [0.717, 1.165) is 62.1 Å². The first-order chi connectivity index (χ1) is 12.9. The first-order valence-corrected chi connectivity index (χ1v) is 10.1. The van der Waals surface area contributed by atoms with Crippen molar-refractivity contribution >= 4 is 23.5 Å². The van der Waals surface area contributed by atoms with Gasteiger partial charge in [0, 0.05) is 38.1 Å². The SMILES string of the molecule is CC1(C)OB(c2ccc3cnn(CCCN4CCNCC4)c3c2)OC1(C)C. The van der Waals surface area contributed by atoms with E-state index in [2.05, 4.69) is 65.9 Å². The van der Waals surface area contributed by atoms with E-state index in [4.69, 9.17) is 9.31 Å². The lowest BCUT2D eigenvalue weighted by Gasteiger charge is -2.32. The summed E-state index contributed by atoms with van der Waals surface area (Å²) in [5, 5.41) is 9.18. The Morgan fingerprint density at radius 2 is 1.78 bits per heavy atom. The third-order valence-electron chi connectivity index (χ3n) is 6.25. The van der Waals surface area contributed by atoms with E-state index < -0.39 is 0 Å². The maximum absolute atomic E-state index is 6.21. The smallest absolute Gasteiger partial charge is 0.399 e. The van der Waals surface area contributed by atoms with Crippen LogP contribution in [0, 0.1) is 0 Å². The maximum Gasteiger partial charge on any atom is 0.494 e. The maximum atomic E-state index is 6.21. The minimum absolute atomic E-state index is 0.323. The molecule has 0 atom stereocenters. The van der Waals surface area contributed by atoms with Crippen molar-refractivity contribution in [2.24, 2.45) is 0 Å². The van der Waals surface area contributed by atoms with Gasteiger partial charge < -0.3 is 19.5 Å². The Morgan fingerprint density at radius 3 is 2.48 bits per heavy atom. The fourth-order valence-corrected chi connectivity index (χ4v) is 3.77. The van der Waals surface area contributed by atoms with E-state index in [1.54, 1.807) is 0 Å². The van der Waals surface area contributed by atoms with Crippen LogP contribution in [0.4, 0.5) is 0 Å². The normalized spacial score (nSPS) is 22.6. The number of rotatable bonds is 5. The Hall–Kier alpha value is -1.41. The monoisotopic (exact) mass is 370 g/mol. The van der Waals surface area contributed by atoms with Crippen molar-refractivity contribution in [2.75, 3.05) is 32.7 Å². The largest absolute Gasteiger partial charge is 0.494 e. The van der Waals surface area contributed by atoms with E-state index in [0.29, 0.717) is 0 Å². The number of piperazine rings is 1. The predicted molar refractivity (Wildman–Crippen MR) is 109 cm³/mol. The van der Waals surface area contributed by atoms with Crippen LogP contribution in [0.1, 0.15) is 34.1 Å². The zero-order valence-corrected chi connectivity index (χ0v) is 17.0. The zero-order chi connectivity index (χ0) is 19.1. The van der Waals surface area contributed by atoms with Crippen LogP contribution in [0.25, 0.3) is 10.9 Å². The minimum atomic E-state index is -0.330. The van der Waals surface area contributed by atoms with Crippen LogP contribution in [0.2, 0.25) is 0 Å². The van der Waals surface area contributed by atoms with Crippen LogP contribution >= 0.6 is 0 Å². The van der Waals surface area contributed by atoms with Gasteiger partial charge in [-0.3, -0.25) is 4.68 Å². The van der Waals surface area contributed by atoms with Gasteiger partial charge in [0.1, 0.15) is 0 Å². The van der Waals surface area contributed by atoms with Gasteiger partial charge in [0.05, 0.1) is 22.9 Å².